The van der Waals surface area contributed by atoms with Gasteiger partial charge in [-0.25, -0.2) is 0 Å². The SMILES string of the molecule is C[C@H](NC(=O)[C@@H](C)O[C@@H]1[C@@H](NC(=O)C2COC3(CCCCC3)O2)[C@@H](OCc2ccccc2)O[C@@H]2COC(c3ccccc3)O[C@@H]12)C(=O)N[C@H](CCC(=O)OCc1ccccc1)C(N)=O. The molecule has 0 aromatic heterocycles. The lowest BCUT2D eigenvalue weighted by Crippen LogP contribution is -2.69. The maximum Gasteiger partial charge on any atom is 0.306 e. The lowest BCUT2D eigenvalue weighted by molar-refractivity contribution is -0.351. The number of nitrogens with two attached hydrogens (primary N) is 1. The van der Waals surface area contributed by atoms with Crippen molar-refractivity contribution in [2.75, 3.05) is 13.2 Å². The lowest BCUT2D eigenvalue weighted by atomic mass is 9.94. The van der Waals surface area contributed by atoms with E-state index in [1.807, 2.05) is 91.0 Å². The number of hydrogen-bond donors (Lipinski definition) is 4. The molecule has 3 aromatic rings. The zero-order chi connectivity index (χ0) is 45.1. The van der Waals surface area contributed by atoms with Gasteiger partial charge in [0.05, 0.1) is 19.8 Å². The fraction of sp³-hybridized carbons (Fsp3) is 0.511. The van der Waals surface area contributed by atoms with Crippen LogP contribution >= 0.6 is 0 Å². The highest BCUT2D eigenvalue weighted by Crippen LogP contribution is 2.39. The van der Waals surface area contributed by atoms with Crippen LogP contribution in [-0.2, 0) is 75.1 Å². The summed E-state index contributed by atoms with van der Waals surface area (Å²) in [7, 11) is 0. The Morgan fingerprint density at radius 3 is 2.12 bits per heavy atom. The normalized spacial score (nSPS) is 26.4. The Bertz CT molecular complexity index is 2020. The maximum atomic E-state index is 14.2. The van der Waals surface area contributed by atoms with Crippen LogP contribution in [0.5, 0.6) is 0 Å². The number of nitrogens with one attached hydrogen (secondary N) is 3. The van der Waals surface area contributed by atoms with Crippen LogP contribution in [-0.4, -0.2) is 104 Å². The summed E-state index contributed by atoms with van der Waals surface area (Å²) in [5, 5.41) is 8.23. The van der Waals surface area contributed by atoms with E-state index in [0.717, 1.165) is 36.0 Å². The summed E-state index contributed by atoms with van der Waals surface area (Å²) in [5.41, 5.74) is 7.96. The Kier molecular flexibility index (Phi) is 16.1. The van der Waals surface area contributed by atoms with Crippen LogP contribution in [0.3, 0.4) is 0 Å². The van der Waals surface area contributed by atoms with Gasteiger partial charge in [0.1, 0.15) is 49.1 Å². The van der Waals surface area contributed by atoms with E-state index >= 15 is 0 Å². The van der Waals surface area contributed by atoms with Crippen LogP contribution in [0.25, 0.3) is 0 Å². The summed E-state index contributed by atoms with van der Waals surface area (Å²) in [4.78, 5) is 66.1. The van der Waals surface area contributed by atoms with Gasteiger partial charge in [0.25, 0.3) is 5.91 Å². The molecule has 4 amide bonds. The predicted octanol–water partition coefficient (Wildman–Crippen LogP) is 3.38. The first-order valence-electron chi connectivity index (χ1n) is 22.0. The molecule has 4 aliphatic rings. The van der Waals surface area contributed by atoms with Gasteiger partial charge in [-0.2, -0.15) is 0 Å². The molecule has 344 valence electrons. The first-order valence-corrected chi connectivity index (χ1v) is 22.0. The van der Waals surface area contributed by atoms with E-state index in [0.29, 0.717) is 12.8 Å². The summed E-state index contributed by atoms with van der Waals surface area (Å²) in [5.74, 6) is -4.13. The van der Waals surface area contributed by atoms with Crippen LogP contribution in [0.15, 0.2) is 91.0 Å². The summed E-state index contributed by atoms with van der Waals surface area (Å²) in [6.07, 6.45) is -2.83. The van der Waals surface area contributed by atoms with Crippen LogP contribution in [0, 0.1) is 0 Å². The molecule has 0 bridgehead atoms. The Hall–Kier alpha value is -5.27. The van der Waals surface area contributed by atoms with Gasteiger partial charge in [-0.1, -0.05) is 97.4 Å². The number of hydrogen-bond acceptors (Lipinski definition) is 13. The Labute approximate surface area is 372 Å². The minimum atomic E-state index is -1.24. The summed E-state index contributed by atoms with van der Waals surface area (Å²) < 4.78 is 49.9. The van der Waals surface area contributed by atoms with Crippen molar-refractivity contribution in [2.24, 2.45) is 5.73 Å². The molecule has 17 heteroatoms. The number of carbonyl (C=O) groups is 5. The molecule has 3 heterocycles. The van der Waals surface area contributed by atoms with Crippen molar-refractivity contribution in [1.29, 1.82) is 0 Å². The molecule has 17 nitrogen and oxygen atoms in total. The van der Waals surface area contributed by atoms with Crippen molar-refractivity contribution < 1.29 is 61.9 Å². The van der Waals surface area contributed by atoms with Crippen molar-refractivity contribution in [1.82, 2.24) is 16.0 Å². The molecule has 10 atom stereocenters. The lowest BCUT2D eigenvalue weighted by Gasteiger charge is -2.49. The van der Waals surface area contributed by atoms with Gasteiger partial charge in [-0.3, -0.25) is 24.0 Å². The maximum absolute atomic E-state index is 14.2. The topological polar surface area (TPSA) is 221 Å². The number of benzene rings is 3. The molecule has 4 fully saturated rings. The monoisotopic (exact) mass is 886 g/mol. The second-order valence-corrected chi connectivity index (χ2v) is 16.6. The third-order valence-electron chi connectivity index (χ3n) is 11.8. The van der Waals surface area contributed by atoms with E-state index in [4.69, 9.17) is 43.6 Å². The highest BCUT2D eigenvalue weighted by atomic mass is 16.8. The number of rotatable bonds is 18. The summed E-state index contributed by atoms with van der Waals surface area (Å²) >= 11 is 0. The first-order chi connectivity index (χ1) is 31.0. The van der Waals surface area contributed by atoms with Crippen molar-refractivity contribution in [3.05, 3.63) is 108 Å². The minimum absolute atomic E-state index is 0.0540. The van der Waals surface area contributed by atoms with Gasteiger partial charge in [-0.05, 0) is 44.2 Å². The molecular formula is C47H58N4O13. The smallest absolute Gasteiger partial charge is 0.306 e. The van der Waals surface area contributed by atoms with E-state index in [2.05, 4.69) is 16.0 Å². The zero-order valence-corrected chi connectivity index (χ0v) is 36.1. The van der Waals surface area contributed by atoms with Crippen LogP contribution < -0.4 is 21.7 Å². The van der Waals surface area contributed by atoms with Crippen molar-refractivity contribution in [3.8, 4) is 0 Å². The van der Waals surface area contributed by atoms with E-state index in [1.165, 1.54) is 13.8 Å². The molecule has 3 aliphatic heterocycles. The number of fused-ring (bicyclic) bond motifs is 1. The van der Waals surface area contributed by atoms with E-state index in [-0.39, 0.29) is 39.3 Å². The third kappa shape index (κ3) is 12.3. The number of carbonyl (C=O) groups excluding carboxylic acids is 5. The second-order valence-electron chi connectivity index (χ2n) is 16.6. The second kappa shape index (κ2) is 22.1. The standard InChI is InChI=1S/C47H58N4O13/c1-29(42(54)50-34(41(48)53)21-22-37(52)57-25-31-15-7-3-8-16-31)49-43(55)30(2)61-40-38(51-44(56)36-28-60-47(64-36)23-13-6-14-24-47)46(58-26-32-17-9-4-10-18-32)62-35-27-59-45(63-39(35)40)33-19-11-5-12-20-33/h3-5,7-12,15-20,29-30,34-36,38-40,45-46H,6,13-14,21-28H2,1-2H3,(H2,48,53)(H,49,55)(H,50,54)(H,51,56)/t29-,30+,34+,35+,36?,38+,39+,40+,45?,46-/m0/s1. The van der Waals surface area contributed by atoms with Gasteiger partial charge < -0.3 is 59.6 Å². The first kappa shape index (κ1) is 46.7. The number of amides is 4. The van der Waals surface area contributed by atoms with Gasteiger partial charge in [0, 0.05) is 24.8 Å². The molecule has 3 aromatic carbocycles. The molecule has 1 saturated carbocycles. The van der Waals surface area contributed by atoms with Crippen molar-refractivity contribution >= 4 is 29.6 Å². The van der Waals surface area contributed by atoms with E-state index in [9.17, 15) is 24.0 Å². The molecule has 2 unspecified atom stereocenters. The quantitative estimate of drug-likeness (QED) is 0.135. The Balaban J connectivity index is 1.05. The molecule has 1 aliphatic carbocycles. The largest absolute Gasteiger partial charge is 0.461 e. The number of primary amides is 1. The average molecular weight is 887 g/mol. The fourth-order valence-electron chi connectivity index (χ4n) is 8.20. The molecular weight excluding hydrogens is 829 g/mol. The molecule has 5 N–H and O–H groups in total. The van der Waals surface area contributed by atoms with Crippen molar-refractivity contribution in [2.45, 2.75) is 139 Å². The van der Waals surface area contributed by atoms with Crippen LogP contribution in [0.2, 0.25) is 0 Å². The average Bonchev–Trinajstić information content (AvgIpc) is 3.73. The molecule has 7 rings (SSSR count). The van der Waals surface area contributed by atoms with Gasteiger partial charge >= 0.3 is 5.97 Å². The molecule has 0 radical (unpaired) electrons. The van der Waals surface area contributed by atoms with Gasteiger partial charge in [0.2, 0.25) is 17.7 Å². The minimum Gasteiger partial charge on any atom is -0.461 e. The Morgan fingerprint density at radius 1 is 0.797 bits per heavy atom. The summed E-state index contributed by atoms with van der Waals surface area (Å²) in [6, 6.07) is 24.4. The Morgan fingerprint density at radius 2 is 1.45 bits per heavy atom. The highest BCUT2D eigenvalue weighted by molar-refractivity contribution is 5.92. The predicted molar refractivity (Wildman–Crippen MR) is 227 cm³/mol. The fourth-order valence-corrected chi connectivity index (χ4v) is 8.20. The highest BCUT2D eigenvalue weighted by Gasteiger charge is 2.54. The molecule has 3 saturated heterocycles. The summed E-state index contributed by atoms with van der Waals surface area (Å²) in [6.45, 7) is 3.24. The number of ether oxygens (including phenoxy) is 8. The zero-order valence-electron chi connectivity index (χ0n) is 36.1. The van der Waals surface area contributed by atoms with Gasteiger partial charge in [-0.15, -0.1) is 0 Å². The third-order valence-corrected chi connectivity index (χ3v) is 11.8. The van der Waals surface area contributed by atoms with Crippen molar-refractivity contribution in [3.63, 3.8) is 0 Å². The molecule has 64 heavy (non-hydrogen) atoms. The molecule has 1 spiro atoms. The van der Waals surface area contributed by atoms with E-state index in [1.54, 1.807) is 0 Å². The van der Waals surface area contributed by atoms with E-state index < -0.39 is 96.6 Å². The number of esters is 1. The van der Waals surface area contributed by atoms with Crippen LogP contribution in [0.1, 0.15) is 81.8 Å². The van der Waals surface area contributed by atoms with Crippen LogP contribution in [0.4, 0.5) is 0 Å². The van der Waals surface area contributed by atoms with Gasteiger partial charge in [0.15, 0.2) is 24.5 Å².